The third-order valence-electron chi connectivity index (χ3n) is 2.97. The van der Waals surface area contributed by atoms with E-state index in [9.17, 15) is 4.39 Å². The highest BCUT2D eigenvalue weighted by atomic mass is 32.1. The van der Waals surface area contributed by atoms with Gasteiger partial charge in [0.25, 0.3) is 5.69 Å². The van der Waals surface area contributed by atoms with Gasteiger partial charge in [-0.05, 0) is 36.3 Å². The van der Waals surface area contributed by atoms with Crippen molar-refractivity contribution in [3.8, 4) is 23.1 Å². The predicted octanol–water partition coefficient (Wildman–Crippen LogP) is 2.89. The Morgan fingerprint density at radius 2 is 1.86 bits per heavy atom. The number of rotatable bonds is 1. The minimum atomic E-state index is -0.233. The summed E-state index contributed by atoms with van der Waals surface area (Å²) in [4.78, 5) is 6.37. The van der Waals surface area contributed by atoms with Gasteiger partial charge in [-0.2, -0.15) is 4.98 Å². The van der Waals surface area contributed by atoms with Gasteiger partial charge in [0.2, 0.25) is 10.7 Å². The highest BCUT2D eigenvalue weighted by molar-refractivity contribution is 7.09. The van der Waals surface area contributed by atoms with Gasteiger partial charge in [0, 0.05) is 24.5 Å². The van der Waals surface area contributed by atoms with Crippen molar-refractivity contribution in [1.29, 1.82) is 0 Å². The first-order valence-corrected chi connectivity index (χ1v) is 7.36. The van der Waals surface area contributed by atoms with Crippen molar-refractivity contribution >= 4 is 11.3 Å². The second kappa shape index (κ2) is 5.86. The molecule has 0 spiro atoms. The summed E-state index contributed by atoms with van der Waals surface area (Å²) in [6.07, 6.45) is 1.85. The van der Waals surface area contributed by atoms with Gasteiger partial charge in [-0.15, -0.1) is 0 Å². The van der Waals surface area contributed by atoms with E-state index in [-0.39, 0.29) is 5.82 Å². The van der Waals surface area contributed by atoms with E-state index >= 15 is 0 Å². The molecule has 0 atom stereocenters. The van der Waals surface area contributed by atoms with Crippen molar-refractivity contribution < 1.29 is 14.4 Å². The number of aromatic amines is 2. The van der Waals surface area contributed by atoms with Crippen LogP contribution in [0.15, 0.2) is 48.0 Å². The maximum atomic E-state index is 12.9. The molecule has 102 valence electrons. The molecule has 0 saturated carbocycles. The summed E-state index contributed by atoms with van der Waals surface area (Å²) < 4.78 is 12.9. The first kappa shape index (κ1) is 13.5. The zero-order valence-electron chi connectivity index (χ0n) is 11.4. The van der Waals surface area contributed by atoms with Crippen molar-refractivity contribution in [1.82, 2.24) is 0 Å². The van der Waals surface area contributed by atoms with E-state index in [1.807, 2.05) is 30.6 Å². The Morgan fingerprint density at radius 1 is 1.05 bits per heavy atom. The van der Waals surface area contributed by atoms with Crippen LogP contribution in [0.2, 0.25) is 0 Å². The van der Waals surface area contributed by atoms with E-state index in [2.05, 4.69) is 21.8 Å². The van der Waals surface area contributed by atoms with Crippen LogP contribution in [0.5, 0.6) is 0 Å². The topological polar surface area (TPSA) is 28.3 Å². The quantitative estimate of drug-likeness (QED) is 0.618. The van der Waals surface area contributed by atoms with E-state index in [4.69, 9.17) is 0 Å². The molecule has 2 heterocycles. The predicted molar refractivity (Wildman–Crippen MR) is 80.0 cm³/mol. The second-order valence-electron chi connectivity index (χ2n) is 4.58. The lowest BCUT2D eigenvalue weighted by Crippen LogP contribution is -2.07. The number of halogens is 1. The molecule has 2 aromatic heterocycles. The highest BCUT2D eigenvalue weighted by Crippen LogP contribution is 2.14. The minimum Gasteiger partial charge on any atom is -0.210 e. The molecule has 0 radical (unpaired) electrons. The normalized spacial score (nSPS) is 10.0. The molecule has 3 aromatic rings. The summed E-state index contributed by atoms with van der Waals surface area (Å²) in [6, 6.07) is 10.3. The number of thiazole rings is 1. The lowest BCUT2D eigenvalue weighted by Gasteiger charge is -1.95. The van der Waals surface area contributed by atoms with E-state index in [0.717, 1.165) is 27.5 Å². The van der Waals surface area contributed by atoms with Crippen LogP contribution < -0.4 is 9.97 Å². The standard InChI is InChI=1S/C17H11FN2S/c1-12-20-16(11-21-12)8-2-13-3-9-17(19-10-13)14-4-6-15(18)7-5-14/h3-7,9-11H,1H3/p+2. The number of nitrogens with one attached hydrogen (secondary N) is 2. The maximum absolute atomic E-state index is 12.9. The van der Waals surface area contributed by atoms with Crippen molar-refractivity contribution in [3.63, 3.8) is 0 Å². The van der Waals surface area contributed by atoms with Gasteiger partial charge < -0.3 is 0 Å². The third-order valence-corrected chi connectivity index (χ3v) is 3.78. The first-order valence-electron chi connectivity index (χ1n) is 6.48. The zero-order chi connectivity index (χ0) is 14.7. The summed E-state index contributed by atoms with van der Waals surface area (Å²) in [5, 5.41) is 3.14. The van der Waals surface area contributed by atoms with Crippen molar-refractivity contribution in [3.05, 3.63) is 70.1 Å². The Morgan fingerprint density at radius 3 is 2.48 bits per heavy atom. The summed E-state index contributed by atoms with van der Waals surface area (Å²) in [6.45, 7) is 2.01. The summed E-state index contributed by atoms with van der Waals surface area (Å²) in [5.74, 6) is 5.95. The maximum Gasteiger partial charge on any atom is 0.266 e. The van der Waals surface area contributed by atoms with Crippen molar-refractivity contribution in [2.24, 2.45) is 0 Å². The van der Waals surface area contributed by atoms with Gasteiger partial charge in [-0.3, -0.25) is 0 Å². The van der Waals surface area contributed by atoms with E-state index in [0.29, 0.717) is 0 Å². The number of hydrogen-bond acceptors (Lipinski definition) is 1. The van der Waals surface area contributed by atoms with Crippen LogP contribution in [0.3, 0.4) is 0 Å². The van der Waals surface area contributed by atoms with Gasteiger partial charge in [-0.1, -0.05) is 11.3 Å². The number of H-pyrrole nitrogens is 2. The van der Waals surface area contributed by atoms with Crippen molar-refractivity contribution in [2.45, 2.75) is 6.92 Å². The highest BCUT2D eigenvalue weighted by Gasteiger charge is 2.05. The molecule has 0 aliphatic carbocycles. The summed E-state index contributed by atoms with van der Waals surface area (Å²) in [7, 11) is 0. The SMILES string of the molecule is Cc1[nH+]c(C#Cc2ccc(-c3ccc(F)cc3)[nH+]c2)cs1. The van der Waals surface area contributed by atoms with Gasteiger partial charge in [-0.25, -0.2) is 9.37 Å². The van der Waals surface area contributed by atoms with Crippen LogP contribution in [0.1, 0.15) is 16.3 Å². The van der Waals surface area contributed by atoms with Crippen LogP contribution in [0.4, 0.5) is 4.39 Å². The van der Waals surface area contributed by atoms with Gasteiger partial charge in [0.05, 0.1) is 10.9 Å². The van der Waals surface area contributed by atoms with Crippen LogP contribution in [0, 0.1) is 24.6 Å². The summed E-state index contributed by atoms with van der Waals surface area (Å²) >= 11 is 1.64. The largest absolute Gasteiger partial charge is 0.266 e. The van der Waals surface area contributed by atoms with Crippen LogP contribution in [-0.4, -0.2) is 0 Å². The molecule has 0 saturated heterocycles. The van der Waals surface area contributed by atoms with Crippen LogP contribution in [0.25, 0.3) is 11.3 Å². The molecule has 1 aromatic carbocycles. The molecule has 3 rings (SSSR count). The van der Waals surface area contributed by atoms with Gasteiger partial charge in [0.1, 0.15) is 5.82 Å². The van der Waals surface area contributed by atoms with E-state index < -0.39 is 0 Å². The Labute approximate surface area is 126 Å². The smallest absolute Gasteiger partial charge is 0.210 e. The fourth-order valence-electron chi connectivity index (χ4n) is 1.91. The number of aromatic nitrogens is 2. The lowest BCUT2D eigenvalue weighted by atomic mass is 10.1. The summed E-state index contributed by atoms with van der Waals surface area (Å²) in [5.41, 5.74) is 3.69. The van der Waals surface area contributed by atoms with Crippen LogP contribution in [-0.2, 0) is 0 Å². The Hall–Kier alpha value is -2.51. The molecule has 0 aliphatic heterocycles. The van der Waals surface area contributed by atoms with Gasteiger partial charge in [0.15, 0.2) is 6.20 Å². The number of pyridine rings is 1. The van der Waals surface area contributed by atoms with E-state index in [1.165, 1.54) is 12.1 Å². The first-order chi connectivity index (χ1) is 10.2. The molecule has 2 nitrogen and oxygen atoms in total. The number of hydrogen-bond donors (Lipinski definition) is 0. The average molecular weight is 296 g/mol. The molecule has 0 fully saturated rings. The second-order valence-corrected chi connectivity index (χ2v) is 5.66. The van der Waals surface area contributed by atoms with Crippen LogP contribution >= 0.6 is 11.3 Å². The molecule has 4 heteroatoms. The number of benzene rings is 1. The molecule has 21 heavy (non-hydrogen) atoms. The monoisotopic (exact) mass is 296 g/mol. The fraction of sp³-hybridized carbons (Fsp3) is 0.0588. The minimum absolute atomic E-state index is 0.233. The molecule has 2 N–H and O–H groups in total. The molecule has 0 aliphatic rings. The Bertz CT molecular complexity index is 808. The third kappa shape index (κ3) is 3.33. The molecule has 0 amide bonds. The molecule has 0 unspecified atom stereocenters. The lowest BCUT2D eigenvalue weighted by molar-refractivity contribution is -0.383. The zero-order valence-corrected chi connectivity index (χ0v) is 12.2. The Balaban J connectivity index is 1.81. The average Bonchev–Trinajstić information content (AvgIpc) is 2.92. The molecular formula is C17H13FN2S+2. The molecular weight excluding hydrogens is 283 g/mol. The molecule has 0 bridgehead atoms. The number of aryl methyl sites for hydroxylation is 1. The van der Waals surface area contributed by atoms with Gasteiger partial charge >= 0.3 is 0 Å². The fourth-order valence-corrected chi connectivity index (χ4v) is 2.49. The van der Waals surface area contributed by atoms with E-state index in [1.54, 1.807) is 23.5 Å². The van der Waals surface area contributed by atoms with Crippen molar-refractivity contribution in [2.75, 3.05) is 0 Å². The Kier molecular flexibility index (Phi) is 3.76.